The van der Waals surface area contributed by atoms with Gasteiger partial charge in [-0.15, -0.1) is 6.58 Å². The monoisotopic (exact) mass is 249 g/mol. The van der Waals surface area contributed by atoms with E-state index in [9.17, 15) is 0 Å². The second-order valence-corrected chi connectivity index (χ2v) is 4.07. The van der Waals surface area contributed by atoms with Gasteiger partial charge in [-0.2, -0.15) is 0 Å². The highest BCUT2D eigenvalue weighted by Crippen LogP contribution is 2.23. The smallest absolute Gasteiger partial charge is 0.221 e. The summed E-state index contributed by atoms with van der Waals surface area (Å²) in [6.45, 7) is 9.42. The Bertz CT molecular complexity index is 366. The number of allylic oxidation sites excluding steroid dienone is 1. The van der Waals surface area contributed by atoms with Crippen LogP contribution < -0.4 is 10.1 Å². The maximum Gasteiger partial charge on any atom is 0.221 e. The van der Waals surface area contributed by atoms with Gasteiger partial charge in [0.1, 0.15) is 12.1 Å². The topological polar surface area (TPSA) is 47.0 Å². The van der Waals surface area contributed by atoms with Crippen molar-refractivity contribution in [2.45, 2.75) is 39.5 Å². The van der Waals surface area contributed by atoms with E-state index in [1.807, 2.05) is 6.08 Å². The van der Waals surface area contributed by atoms with Crippen LogP contribution in [0.5, 0.6) is 5.88 Å². The lowest BCUT2D eigenvalue weighted by Gasteiger charge is -2.13. The van der Waals surface area contributed by atoms with E-state index in [1.54, 1.807) is 6.33 Å². The van der Waals surface area contributed by atoms with E-state index < -0.39 is 0 Å². The number of anilines is 1. The van der Waals surface area contributed by atoms with Crippen molar-refractivity contribution in [2.75, 3.05) is 18.5 Å². The number of nitrogens with one attached hydrogen (secondary N) is 1. The predicted molar refractivity (Wildman–Crippen MR) is 75.1 cm³/mol. The molecular weight excluding hydrogens is 226 g/mol. The van der Waals surface area contributed by atoms with Gasteiger partial charge in [0.2, 0.25) is 5.88 Å². The molecule has 18 heavy (non-hydrogen) atoms. The molecule has 100 valence electrons. The van der Waals surface area contributed by atoms with Gasteiger partial charge in [0.15, 0.2) is 0 Å². The van der Waals surface area contributed by atoms with Crippen LogP contribution in [0.3, 0.4) is 0 Å². The van der Waals surface area contributed by atoms with E-state index in [0.717, 1.165) is 43.6 Å². The molecule has 4 heteroatoms. The lowest BCUT2D eigenvalue weighted by Crippen LogP contribution is -2.08. The molecule has 0 aromatic carbocycles. The number of nitrogens with zero attached hydrogens (tertiary/aromatic N) is 2. The number of hydrogen-bond donors (Lipinski definition) is 1. The van der Waals surface area contributed by atoms with Crippen molar-refractivity contribution in [3.63, 3.8) is 0 Å². The van der Waals surface area contributed by atoms with Crippen LogP contribution >= 0.6 is 0 Å². The van der Waals surface area contributed by atoms with Gasteiger partial charge in [-0.25, -0.2) is 9.97 Å². The van der Waals surface area contributed by atoms with Crippen molar-refractivity contribution in [2.24, 2.45) is 0 Å². The van der Waals surface area contributed by atoms with Gasteiger partial charge < -0.3 is 10.1 Å². The molecule has 0 aliphatic heterocycles. The molecule has 0 atom stereocenters. The highest BCUT2D eigenvalue weighted by molar-refractivity contribution is 5.48. The summed E-state index contributed by atoms with van der Waals surface area (Å²) < 4.78 is 5.74. The van der Waals surface area contributed by atoms with Gasteiger partial charge in [-0.05, 0) is 26.2 Å². The summed E-state index contributed by atoms with van der Waals surface area (Å²) in [4.78, 5) is 8.51. The van der Waals surface area contributed by atoms with Crippen LogP contribution in [0.25, 0.3) is 0 Å². The summed E-state index contributed by atoms with van der Waals surface area (Å²) in [5.74, 6) is 1.61. The molecule has 0 unspecified atom stereocenters. The number of rotatable bonds is 9. The Kier molecular flexibility index (Phi) is 6.84. The van der Waals surface area contributed by atoms with E-state index in [0.29, 0.717) is 12.5 Å². The van der Waals surface area contributed by atoms with Gasteiger partial charge >= 0.3 is 0 Å². The van der Waals surface area contributed by atoms with E-state index in [1.165, 1.54) is 0 Å². The summed E-state index contributed by atoms with van der Waals surface area (Å²) in [6.07, 6.45) is 7.37. The summed E-state index contributed by atoms with van der Waals surface area (Å²) in [5, 5.41) is 3.26. The van der Waals surface area contributed by atoms with Gasteiger partial charge in [0, 0.05) is 6.54 Å². The quantitative estimate of drug-likeness (QED) is 0.539. The number of aromatic nitrogens is 2. The van der Waals surface area contributed by atoms with Gasteiger partial charge in [-0.3, -0.25) is 0 Å². The van der Waals surface area contributed by atoms with E-state index >= 15 is 0 Å². The van der Waals surface area contributed by atoms with Crippen LogP contribution in [0, 0.1) is 0 Å². The molecular formula is C14H23N3O. The Hall–Kier alpha value is -1.58. The zero-order chi connectivity index (χ0) is 13.2. The van der Waals surface area contributed by atoms with Crippen LogP contribution in [-0.4, -0.2) is 23.1 Å². The molecule has 1 aromatic rings. The lowest BCUT2D eigenvalue weighted by atomic mass is 10.1. The number of unbranched alkanes of at least 4 members (excludes halogenated alkanes) is 1. The summed E-state index contributed by atoms with van der Waals surface area (Å²) in [6, 6.07) is 0. The van der Waals surface area contributed by atoms with Gasteiger partial charge in [0.05, 0.1) is 12.2 Å². The first kappa shape index (κ1) is 14.5. The van der Waals surface area contributed by atoms with Crippen molar-refractivity contribution in [1.29, 1.82) is 0 Å². The second kappa shape index (κ2) is 8.50. The highest BCUT2D eigenvalue weighted by Gasteiger charge is 2.11. The van der Waals surface area contributed by atoms with Crippen LogP contribution in [0.4, 0.5) is 5.82 Å². The molecule has 0 aliphatic rings. The maximum atomic E-state index is 5.74. The third-order valence-electron chi connectivity index (χ3n) is 2.54. The Labute approximate surface area is 109 Å². The van der Waals surface area contributed by atoms with E-state index in [-0.39, 0.29) is 0 Å². The summed E-state index contributed by atoms with van der Waals surface area (Å²) >= 11 is 0. The molecule has 1 heterocycles. The molecule has 0 saturated heterocycles. The van der Waals surface area contributed by atoms with Crippen molar-refractivity contribution >= 4 is 5.82 Å². The van der Waals surface area contributed by atoms with Crippen LogP contribution in [0.1, 0.15) is 38.7 Å². The third-order valence-corrected chi connectivity index (χ3v) is 2.54. The van der Waals surface area contributed by atoms with Crippen LogP contribution in [-0.2, 0) is 6.42 Å². The van der Waals surface area contributed by atoms with Gasteiger partial charge in [-0.1, -0.05) is 19.4 Å². The fourth-order valence-corrected chi connectivity index (χ4v) is 1.71. The molecule has 4 nitrogen and oxygen atoms in total. The largest absolute Gasteiger partial charge is 0.477 e. The highest BCUT2D eigenvalue weighted by atomic mass is 16.5. The molecule has 0 aliphatic carbocycles. The van der Waals surface area contributed by atoms with Crippen molar-refractivity contribution in [1.82, 2.24) is 9.97 Å². The Morgan fingerprint density at radius 2 is 2.22 bits per heavy atom. The molecule has 0 fully saturated rings. The molecule has 0 bridgehead atoms. The average molecular weight is 249 g/mol. The minimum atomic E-state index is 0.672. The van der Waals surface area contributed by atoms with Gasteiger partial charge in [0.25, 0.3) is 0 Å². The second-order valence-electron chi connectivity index (χ2n) is 4.07. The first-order valence-electron chi connectivity index (χ1n) is 6.64. The molecule has 0 spiro atoms. The minimum absolute atomic E-state index is 0.672. The Morgan fingerprint density at radius 1 is 1.39 bits per heavy atom. The maximum absolute atomic E-state index is 5.74. The van der Waals surface area contributed by atoms with Crippen molar-refractivity contribution < 1.29 is 4.74 Å². The summed E-state index contributed by atoms with van der Waals surface area (Å²) in [5.41, 5.74) is 1.08. The Morgan fingerprint density at radius 3 is 2.89 bits per heavy atom. The third kappa shape index (κ3) is 4.35. The average Bonchev–Trinajstić information content (AvgIpc) is 2.38. The Balaban J connectivity index is 2.74. The molecule has 1 aromatic heterocycles. The SMILES string of the molecule is C=CCCCOc1ncnc(NCC)c1CCC. The molecule has 1 N–H and O–H groups in total. The van der Waals surface area contributed by atoms with Crippen molar-refractivity contribution in [3.05, 3.63) is 24.5 Å². The van der Waals surface area contributed by atoms with Crippen molar-refractivity contribution in [3.8, 4) is 5.88 Å². The zero-order valence-electron chi connectivity index (χ0n) is 11.4. The number of hydrogen-bond acceptors (Lipinski definition) is 4. The van der Waals surface area contributed by atoms with Crippen LogP contribution in [0.2, 0.25) is 0 Å². The lowest BCUT2D eigenvalue weighted by molar-refractivity contribution is 0.296. The fourth-order valence-electron chi connectivity index (χ4n) is 1.71. The first-order valence-corrected chi connectivity index (χ1v) is 6.64. The minimum Gasteiger partial charge on any atom is -0.477 e. The molecule has 0 saturated carbocycles. The molecule has 0 radical (unpaired) electrons. The van der Waals surface area contributed by atoms with E-state index in [4.69, 9.17) is 4.74 Å². The zero-order valence-corrected chi connectivity index (χ0v) is 11.4. The van der Waals surface area contributed by atoms with Crippen LogP contribution in [0.15, 0.2) is 19.0 Å². The molecule has 0 amide bonds. The standard InChI is InChI=1S/C14H23N3O/c1-4-7-8-10-18-14-12(9-5-2)13(15-6-3)16-11-17-14/h4,11H,1,5-10H2,2-3H3,(H,15,16,17). The predicted octanol–water partition coefficient (Wildman–Crippen LogP) is 3.21. The van der Waals surface area contributed by atoms with E-state index in [2.05, 4.69) is 35.7 Å². The normalized spacial score (nSPS) is 10.1. The first-order chi connectivity index (χ1) is 8.83. The fraction of sp³-hybridized carbons (Fsp3) is 0.571. The number of ether oxygens (including phenoxy) is 1. The summed E-state index contributed by atoms with van der Waals surface area (Å²) in [7, 11) is 0. The molecule has 1 rings (SSSR count).